The van der Waals surface area contributed by atoms with E-state index >= 15 is 0 Å². The van der Waals surface area contributed by atoms with Gasteiger partial charge in [-0.1, -0.05) is 6.85 Å². The molecule has 1 heterocycles. The van der Waals surface area contributed by atoms with E-state index in [0.29, 0.717) is 0 Å². The van der Waals surface area contributed by atoms with E-state index < -0.39 is 66.8 Å². The third-order valence-electron chi connectivity index (χ3n) is 2.64. The number of anilines is 2. The molecule has 1 amide bonds. The molecule has 0 aliphatic heterocycles. The second-order valence-electron chi connectivity index (χ2n) is 5.87. The van der Waals surface area contributed by atoms with Crippen LogP contribution in [0.3, 0.4) is 0 Å². The van der Waals surface area contributed by atoms with Gasteiger partial charge in [0.15, 0.2) is 0 Å². The van der Waals surface area contributed by atoms with Crippen LogP contribution in [0.4, 0.5) is 11.8 Å². The molecule has 1 aliphatic rings. The van der Waals surface area contributed by atoms with Crippen LogP contribution >= 0.6 is 0 Å². The Labute approximate surface area is 152 Å². The van der Waals surface area contributed by atoms with E-state index in [1.165, 1.54) is 0 Å². The third-order valence-corrected chi connectivity index (χ3v) is 2.64. The van der Waals surface area contributed by atoms with Gasteiger partial charge in [-0.3, -0.25) is 4.79 Å². The highest BCUT2D eigenvalue weighted by molar-refractivity contribution is 5.97. The average Bonchev–Trinajstić information content (AvgIpc) is 2.62. The maximum atomic E-state index is 11.9. The molecule has 0 bridgehead atoms. The van der Waals surface area contributed by atoms with E-state index in [1.807, 2.05) is 0 Å². The van der Waals surface area contributed by atoms with Gasteiger partial charge in [-0.2, -0.15) is 4.98 Å². The number of carbonyl (C=O) groups is 1. The van der Waals surface area contributed by atoms with Crippen molar-refractivity contribution in [2.75, 3.05) is 10.6 Å². The molecule has 0 aromatic carbocycles. The Kier molecular flexibility index (Phi) is 2.27. The predicted octanol–water partition coefficient (Wildman–Crippen LogP) is 1.75. The molecule has 23 heavy (non-hydrogen) atoms. The Balaban J connectivity index is 2.78. The zero-order valence-electron chi connectivity index (χ0n) is 24.0. The van der Waals surface area contributed by atoms with Crippen LogP contribution in [-0.2, 0) is 0 Å². The van der Waals surface area contributed by atoms with Crippen LogP contribution in [0.25, 0.3) is 0 Å². The van der Waals surface area contributed by atoms with E-state index in [1.54, 1.807) is 20.8 Å². The van der Waals surface area contributed by atoms with E-state index in [0.717, 1.165) is 6.20 Å². The van der Waals surface area contributed by atoms with Crippen LogP contribution in [-0.4, -0.2) is 38.6 Å². The molecule has 7 heteroatoms. The number of rotatable bonds is 4. The highest BCUT2D eigenvalue weighted by Crippen LogP contribution is 2.27. The summed E-state index contributed by atoms with van der Waals surface area (Å²) in [6, 6.07) is -3.33. The maximum Gasteiger partial charge on any atom is 0.254 e. The SMILES string of the molecule is [2H]C1C([2H])([2H])C([2H])(C([2H])([2H])[2H])C([2H])(O)C([2H])([2H])C1([2H])Nc1nc(NC(C)(C)C)ncc1C(N)=O. The van der Waals surface area contributed by atoms with Crippen LogP contribution in [0.5, 0.6) is 0 Å². The van der Waals surface area contributed by atoms with Gasteiger partial charge in [0.2, 0.25) is 5.95 Å². The summed E-state index contributed by atoms with van der Waals surface area (Å²) in [6.07, 6.45) is -13.3. The number of primary amides is 1. The minimum Gasteiger partial charge on any atom is -0.393 e. The molecule has 1 aliphatic carbocycles. The van der Waals surface area contributed by atoms with Crippen LogP contribution in [0.2, 0.25) is 0 Å². The van der Waals surface area contributed by atoms with Gasteiger partial charge in [0.25, 0.3) is 5.91 Å². The van der Waals surface area contributed by atoms with Crippen molar-refractivity contribution in [3.05, 3.63) is 11.8 Å². The molecule has 0 saturated heterocycles. The standard InChI is InChI=1S/C16H27N5O2/c1-9-5-6-10(7-12(9)22)19-14-11(13(17)23)8-18-15(20-14)21-16(2,3)4/h8-10,12,22H,5-7H2,1-4H3,(H2,17,23)(H2,18,19,20,21)/i1D3,5D2,6D,7D2,9D,10D,12D. The number of aromatic nitrogens is 2. The molecular formula is C16H27N5O2. The summed E-state index contributed by atoms with van der Waals surface area (Å²) in [7, 11) is 0. The molecule has 4 unspecified atom stereocenters. The zero-order valence-corrected chi connectivity index (χ0v) is 13.0. The first kappa shape index (κ1) is 7.79. The number of nitrogens with two attached hydrogens (primary N) is 1. The Morgan fingerprint density at radius 2 is 2.35 bits per heavy atom. The largest absolute Gasteiger partial charge is 0.393 e. The normalized spacial score (nSPS) is 49.7. The lowest BCUT2D eigenvalue weighted by Gasteiger charge is -2.32. The molecule has 1 aromatic heterocycles. The quantitative estimate of drug-likeness (QED) is 0.668. The van der Waals surface area contributed by atoms with Crippen molar-refractivity contribution in [1.82, 2.24) is 9.97 Å². The van der Waals surface area contributed by atoms with Crippen molar-refractivity contribution in [2.24, 2.45) is 11.6 Å². The van der Waals surface area contributed by atoms with Crippen molar-refractivity contribution in [1.29, 1.82) is 0 Å². The molecular weight excluding hydrogens is 294 g/mol. The monoisotopic (exact) mass is 332 g/mol. The topological polar surface area (TPSA) is 113 Å². The van der Waals surface area contributed by atoms with E-state index in [9.17, 15) is 9.90 Å². The number of amides is 1. The molecule has 0 spiro atoms. The van der Waals surface area contributed by atoms with Gasteiger partial charge in [0.05, 0.1) is 14.4 Å². The van der Waals surface area contributed by atoms with Crippen molar-refractivity contribution in [3.8, 4) is 0 Å². The van der Waals surface area contributed by atoms with Crippen LogP contribution in [0.1, 0.15) is 72.2 Å². The van der Waals surface area contributed by atoms with Crippen molar-refractivity contribution in [3.63, 3.8) is 0 Å². The smallest absolute Gasteiger partial charge is 0.254 e. The van der Waals surface area contributed by atoms with Gasteiger partial charge in [-0.05, 0) is 45.8 Å². The van der Waals surface area contributed by atoms with Gasteiger partial charge >= 0.3 is 0 Å². The van der Waals surface area contributed by atoms with Crippen molar-refractivity contribution < 1.29 is 25.0 Å². The summed E-state index contributed by atoms with van der Waals surface area (Å²) in [5.74, 6) is -5.74. The second kappa shape index (κ2) is 6.70. The highest BCUT2D eigenvalue weighted by atomic mass is 16.3. The number of aliphatic hydroxyl groups is 1. The second-order valence-corrected chi connectivity index (χ2v) is 5.87. The Hall–Kier alpha value is -1.89. The number of hydrogen-bond acceptors (Lipinski definition) is 6. The number of hydrogen-bond donors (Lipinski definition) is 4. The van der Waals surface area contributed by atoms with Crippen molar-refractivity contribution in [2.45, 2.75) is 64.4 Å². The molecule has 4 atom stereocenters. The molecule has 1 aromatic rings. The Bertz CT molecular complexity index is 981. The first-order valence-corrected chi connectivity index (χ1v) is 6.76. The van der Waals surface area contributed by atoms with Gasteiger partial charge in [-0.25, -0.2) is 4.98 Å². The van der Waals surface area contributed by atoms with Crippen LogP contribution in [0.15, 0.2) is 6.20 Å². The summed E-state index contributed by atoms with van der Waals surface area (Å²) in [5, 5.41) is 15.7. The average molecular weight is 332 g/mol. The fourth-order valence-electron chi connectivity index (χ4n) is 1.69. The molecule has 1 fully saturated rings. The van der Waals surface area contributed by atoms with E-state index in [2.05, 4.69) is 20.6 Å². The van der Waals surface area contributed by atoms with Gasteiger partial charge in [-0.15, -0.1) is 0 Å². The summed E-state index contributed by atoms with van der Waals surface area (Å²) in [5.41, 5.74) is 4.23. The molecule has 1 saturated carbocycles. The fourth-order valence-corrected chi connectivity index (χ4v) is 1.69. The third kappa shape index (κ3) is 4.79. The van der Waals surface area contributed by atoms with Gasteiger partial charge in [0, 0.05) is 30.1 Å². The summed E-state index contributed by atoms with van der Waals surface area (Å²) in [6.45, 7) is 1.47. The van der Waals surface area contributed by atoms with Gasteiger partial charge in [0.1, 0.15) is 5.82 Å². The summed E-state index contributed by atoms with van der Waals surface area (Å²) < 4.78 is 88.9. The number of nitrogens with zero attached hydrogens (tertiary/aromatic N) is 2. The Morgan fingerprint density at radius 1 is 1.61 bits per heavy atom. The lowest BCUT2D eigenvalue weighted by atomic mass is 9.85. The van der Waals surface area contributed by atoms with Crippen molar-refractivity contribution >= 4 is 17.7 Å². The first-order valence-electron chi connectivity index (χ1n) is 12.3. The molecule has 2 rings (SSSR count). The predicted molar refractivity (Wildman–Crippen MR) is 90.4 cm³/mol. The summed E-state index contributed by atoms with van der Waals surface area (Å²) in [4.78, 5) is 19.8. The van der Waals surface area contributed by atoms with E-state index in [4.69, 9.17) is 20.8 Å². The van der Waals surface area contributed by atoms with Crippen LogP contribution in [0, 0.1) is 5.89 Å². The molecule has 7 nitrogen and oxygen atoms in total. The highest BCUT2D eigenvalue weighted by Gasteiger charge is 2.27. The minimum absolute atomic E-state index is 0.122. The number of nitrogens with one attached hydrogen (secondary N) is 2. The number of carbonyl (C=O) groups excluding carboxylic acids is 1. The lowest BCUT2D eigenvalue weighted by Crippen LogP contribution is -2.36. The minimum atomic E-state index is -4.08. The fraction of sp³-hybridized carbons (Fsp3) is 0.688. The maximum absolute atomic E-state index is 11.9. The molecule has 128 valence electrons. The lowest BCUT2D eigenvalue weighted by molar-refractivity contribution is 0.0739. The molecule has 5 N–H and O–H groups in total. The molecule has 0 radical (unpaired) electrons. The van der Waals surface area contributed by atoms with Crippen LogP contribution < -0.4 is 16.4 Å². The summed E-state index contributed by atoms with van der Waals surface area (Å²) >= 11 is 0. The van der Waals surface area contributed by atoms with E-state index in [-0.39, 0.29) is 5.95 Å². The first-order chi connectivity index (χ1) is 14.9. The zero-order chi connectivity index (χ0) is 26.9. The Morgan fingerprint density at radius 3 is 2.96 bits per heavy atom. The van der Waals surface area contributed by atoms with Gasteiger partial charge < -0.3 is 21.5 Å².